The SMILES string of the molecule is CC1C(C)N(c2ccc(O)cc2)C(C)C(C)N1c1ccc(O)cc1. The van der Waals surface area contributed by atoms with Gasteiger partial charge in [-0.15, -0.1) is 0 Å². The summed E-state index contributed by atoms with van der Waals surface area (Å²) >= 11 is 0. The molecule has 2 aromatic carbocycles. The summed E-state index contributed by atoms with van der Waals surface area (Å²) in [6.45, 7) is 8.97. The molecule has 0 spiro atoms. The van der Waals surface area contributed by atoms with Gasteiger partial charge >= 0.3 is 0 Å². The molecule has 0 aliphatic carbocycles. The minimum absolute atomic E-state index is 0.294. The van der Waals surface area contributed by atoms with Crippen LogP contribution in [-0.2, 0) is 0 Å². The smallest absolute Gasteiger partial charge is 0.115 e. The molecule has 0 saturated carbocycles. The van der Waals surface area contributed by atoms with Crippen LogP contribution in [0.2, 0.25) is 0 Å². The second-order valence-electron chi connectivity index (χ2n) is 6.81. The topological polar surface area (TPSA) is 46.9 Å². The van der Waals surface area contributed by atoms with Crippen LogP contribution in [0.4, 0.5) is 11.4 Å². The molecule has 2 aromatic rings. The third-order valence-corrected chi connectivity index (χ3v) is 5.45. The molecule has 4 unspecified atom stereocenters. The average Bonchev–Trinajstić information content (AvgIpc) is 2.57. The highest BCUT2D eigenvalue weighted by atomic mass is 16.3. The van der Waals surface area contributed by atoms with E-state index in [1.54, 1.807) is 24.3 Å². The number of piperazine rings is 1. The molecular formula is C20H26N2O2. The van der Waals surface area contributed by atoms with E-state index in [2.05, 4.69) is 37.5 Å². The van der Waals surface area contributed by atoms with E-state index in [1.165, 1.54) is 0 Å². The van der Waals surface area contributed by atoms with Crippen molar-refractivity contribution in [3.8, 4) is 11.5 Å². The molecule has 1 fully saturated rings. The minimum atomic E-state index is 0.294. The first-order valence-corrected chi connectivity index (χ1v) is 8.55. The molecule has 0 bridgehead atoms. The van der Waals surface area contributed by atoms with E-state index in [9.17, 15) is 10.2 Å². The number of rotatable bonds is 2. The van der Waals surface area contributed by atoms with Crippen molar-refractivity contribution in [2.75, 3.05) is 9.80 Å². The molecule has 3 rings (SSSR count). The van der Waals surface area contributed by atoms with Crippen LogP contribution in [0.1, 0.15) is 27.7 Å². The van der Waals surface area contributed by atoms with Crippen LogP contribution >= 0.6 is 0 Å². The molecule has 24 heavy (non-hydrogen) atoms. The maximum Gasteiger partial charge on any atom is 0.115 e. The van der Waals surface area contributed by atoms with Gasteiger partial charge < -0.3 is 20.0 Å². The van der Waals surface area contributed by atoms with Crippen molar-refractivity contribution < 1.29 is 10.2 Å². The number of anilines is 2. The van der Waals surface area contributed by atoms with Crippen molar-refractivity contribution in [1.29, 1.82) is 0 Å². The fourth-order valence-corrected chi connectivity index (χ4v) is 3.86. The zero-order valence-electron chi connectivity index (χ0n) is 14.7. The highest BCUT2D eigenvalue weighted by Crippen LogP contribution is 2.35. The molecule has 0 aromatic heterocycles. The second-order valence-corrected chi connectivity index (χ2v) is 6.81. The van der Waals surface area contributed by atoms with E-state index in [4.69, 9.17) is 0 Å². The standard InChI is InChI=1S/C20H26N2O2/c1-13-14(2)22(18-7-11-20(24)12-8-18)16(4)15(3)21(13)17-5-9-19(23)10-6-17/h5-16,23-24H,1-4H3. The predicted molar refractivity (Wildman–Crippen MR) is 99.0 cm³/mol. The zero-order valence-corrected chi connectivity index (χ0v) is 14.7. The van der Waals surface area contributed by atoms with E-state index in [-0.39, 0.29) is 0 Å². The van der Waals surface area contributed by atoms with Crippen LogP contribution < -0.4 is 9.80 Å². The summed E-state index contributed by atoms with van der Waals surface area (Å²) in [6, 6.07) is 16.2. The van der Waals surface area contributed by atoms with Gasteiger partial charge in [0.1, 0.15) is 11.5 Å². The summed E-state index contributed by atoms with van der Waals surface area (Å²) < 4.78 is 0. The summed E-state index contributed by atoms with van der Waals surface area (Å²) in [5, 5.41) is 19.1. The lowest BCUT2D eigenvalue weighted by molar-refractivity contribution is 0.345. The van der Waals surface area contributed by atoms with Gasteiger partial charge in [0.25, 0.3) is 0 Å². The molecule has 0 amide bonds. The normalized spacial score (nSPS) is 27.3. The molecule has 1 aliphatic heterocycles. The molecule has 1 aliphatic rings. The molecule has 1 saturated heterocycles. The summed E-state index contributed by atoms with van der Waals surface area (Å²) in [5.74, 6) is 0.589. The first-order valence-electron chi connectivity index (χ1n) is 8.55. The summed E-state index contributed by atoms with van der Waals surface area (Å²) in [6.07, 6.45) is 0. The van der Waals surface area contributed by atoms with Crippen molar-refractivity contribution in [3.05, 3.63) is 48.5 Å². The Balaban J connectivity index is 1.93. The molecule has 4 nitrogen and oxygen atoms in total. The van der Waals surface area contributed by atoms with E-state index >= 15 is 0 Å². The fraction of sp³-hybridized carbons (Fsp3) is 0.400. The van der Waals surface area contributed by atoms with Gasteiger partial charge in [0.2, 0.25) is 0 Å². The minimum Gasteiger partial charge on any atom is -0.508 e. The van der Waals surface area contributed by atoms with E-state index in [0.717, 1.165) is 11.4 Å². The Hall–Kier alpha value is -2.36. The lowest BCUT2D eigenvalue weighted by Gasteiger charge is -2.54. The number of hydrogen-bond acceptors (Lipinski definition) is 4. The van der Waals surface area contributed by atoms with Crippen LogP contribution in [-0.4, -0.2) is 34.4 Å². The van der Waals surface area contributed by atoms with Crippen LogP contribution in [0.5, 0.6) is 11.5 Å². The van der Waals surface area contributed by atoms with Crippen molar-refractivity contribution >= 4 is 11.4 Å². The Morgan fingerprint density at radius 2 is 0.792 bits per heavy atom. The third-order valence-electron chi connectivity index (χ3n) is 5.45. The first-order chi connectivity index (χ1) is 11.4. The summed E-state index contributed by atoms with van der Waals surface area (Å²) in [7, 11) is 0. The zero-order chi connectivity index (χ0) is 17.4. The van der Waals surface area contributed by atoms with Gasteiger partial charge in [-0.1, -0.05) is 0 Å². The Bertz CT molecular complexity index is 606. The van der Waals surface area contributed by atoms with E-state index < -0.39 is 0 Å². The fourth-order valence-electron chi connectivity index (χ4n) is 3.86. The quantitative estimate of drug-likeness (QED) is 0.876. The molecule has 1 heterocycles. The number of phenols is 2. The monoisotopic (exact) mass is 326 g/mol. The molecule has 2 N–H and O–H groups in total. The van der Waals surface area contributed by atoms with Crippen molar-refractivity contribution in [2.45, 2.75) is 51.9 Å². The number of aromatic hydroxyl groups is 2. The van der Waals surface area contributed by atoms with Gasteiger partial charge in [0.15, 0.2) is 0 Å². The Kier molecular flexibility index (Phi) is 4.31. The maximum atomic E-state index is 9.56. The molecular weight excluding hydrogens is 300 g/mol. The lowest BCUT2D eigenvalue weighted by Crippen LogP contribution is -2.66. The van der Waals surface area contributed by atoms with Gasteiger partial charge in [-0.05, 0) is 76.2 Å². The Morgan fingerprint density at radius 3 is 1.04 bits per heavy atom. The Morgan fingerprint density at radius 1 is 0.542 bits per heavy atom. The predicted octanol–water partition coefficient (Wildman–Crippen LogP) is 3.98. The van der Waals surface area contributed by atoms with Crippen LogP contribution in [0.15, 0.2) is 48.5 Å². The number of benzene rings is 2. The molecule has 4 atom stereocenters. The number of hydrogen-bond donors (Lipinski definition) is 2. The Labute approximate surface area is 144 Å². The van der Waals surface area contributed by atoms with Crippen molar-refractivity contribution in [3.63, 3.8) is 0 Å². The second kappa shape index (κ2) is 6.27. The molecule has 0 radical (unpaired) electrons. The van der Waals surface area contributed by atoms with Crippen molar-refractivity contribution in [2.24, 2.45) is 0 Å². The van der Waals surface area contributed by atoms with Crippen LogP contribution in [0.3, 0.4) is 0 Å². The lowest BCUT2D eigenvalue weighted by atomic mass is 9.93. The summed E-state index contributed by atoms with van der Waals surface area (Å²) in [5.41, 5.74) is 2.27. The third kappa shape index (κ3) is 2.77. The van der Waals surface area contributed by atoms with Gasteiger partial charge in [-0.2, -0.15) is 0 Å². The molecule has 4 heteroatoms. The van der Waals surface area contributed by atoms with E-state index in [1.807, 2.05) is 24.3 Å². The van der Waals surface area contributed by atoms with Gasteiger partial charge in [0.05, 0.1) is 0 Å². The molecule has 128 valence electrons. The van der Waals surface area contributed by atoms with Crippen molar-refractivity contribution in [1.82, 2.24) is 0 Å². The number of phenolic OH excluding ortho intramolecular Hbond substituents is 2. The summed E-state index contributed by atoms with van der Waals surface area (Å²) in [4.78, 5) is 4.87. The highest BCUT2D eigenvalue weighted by Gasteiger charge is 2.40. The average molecular weight is 326 g/mol. The van der Waals surface area contributed by atoms with E-state index in [0.29, 0.717) is 35.7 Å². The highest BCUT2D eigenvalue weighted by molar-refractivity contribution is 5.57. The van der Waals surface area contributed by atoms with Gasteiger partial charge in [-0.25, -0.2) is 0 Å². The van der Waals surface area contributed by atoms with Gasteiger partial charge in [-0.3, -0.25) is 0 Å². The maximum absolute atomic E-state index is 9.56. The largest absolute Gasteiger partial charge is 0.508 e. The number of nitrogens with zero attached hydrogens (tertiary/aromatic N) is 2. The first kappa shape index (κ1) is 16.5. The van der Waals surface area contributed by atoms with Gasteiger partial charge in [0, 0.05) is 35.5 Å². The van der Waals surface area contributed by atoms with Crippen LogP contribution in [0, 0.1) is 0 Å². The van der Waals surface area contributed by atoms with Crippen LogP contribution in [0.25, 0.3) is 0 Å².